The largest absolute Gasteiger partial charge is 0.505 e. The standard InChI is InChI=1S/C17H22FNO3/c1-22-15-4-2-7-17(15)8-3-9-19(11-17)16(21)12-5-6-13(18)14(20)10-12/h5-6,10,15,20H,2-4,7-9,11H2,1H3/t15-,17-/m1/s1. The summed E-state index contributed by atoms with van der Waals surface area (Å²) in [4.78, 5) is 14.5. The van der Waals surface area contributed by atoms with Gasteiger partial charge in [0.05, 0.1) is 6.10 Å². The minimum atomic E-state index is -0.707. The van der Waals surface area contributed by atoms with Crippen LogP contribution in [0.3, 0.4) is 0 Å². The van der Waals surface area contributed by atoms with Crippen molar-refractivity contribution in [1.82, 2.24) is 4.90 Å². The van der Waals surface area contributed by atoms with Crippen molar-refractivity contribution in [2.24, 2.45) is 5.41 Å². The highest BCUT2D eigenvalue weighted by atomic mass is 19.1. The first-order chi connectivity index (χ1) is 10.6. The molecule has 4 nitrogen and oxygen atoms in total. The highest BCUT2D eigenvalue weighted by Crippen LogP contribution is 2.46. The number of halogens is 1. The van der Waals surface area contributed by atoms with Crippen LogP contribution in [0, 0.1) is 11.2 Å². The summed E-state index contributed by atoms with van der Waals surface area (Å²) < 4.78 is 18.8. The molecule has 1 spiro atoms. The van der Waals surface area contributed by atoms with Crippen molar-refractivity contribution in [3.63, 3.8) is 0 Å². The molecule has 5 heteroatoms. The van der Waals surface area contributed by atoms with E-state index in [-0.39, 0.29) is 17.4 Å². The first-order valence-corrected chi connectivity index (χ1v) is 7.86. The van der Waals surface area contributed by atoms with Gasteiger partial charge in [0.15, 0.2) is 11.6 Å². The van der Waals surface area contributed by atoms with Gasteiger partial charge in [-0.15, -0.1) is 0 Å². The zero-order valence-electron chi connectivity index (χ0n) is 12.8. The molecule has 0 radical (unpaired) electrons. The second-order valence-electron chi connectivity index (χ2n) is 6.48. The molecule has 0 unspecified atom stereocenters. The second-order valence-corrected chi connectivity index (χ2v) is 6.48. The van der Waals surface area contributed by atoms with Crippen molar-refractivity contribution in [1.29, 1.82) is 0 Å². The van der Waals surface area contributed by atoms with Crippen LogP contribution in [0.5, 0.6) is 5.75 Å². The summed E-state index contributed by atoms with van der Waals surface area (Å²) in [6.45, 7) is 1.39. The van der Waals surface area contributed by atoms with Crippen LogP contribution in [0.1, 0.15) is 42.5 Å². The van der Waals surface area contributed by atoms with Crippen molar-refractivity contribution in [3.8, 4) is 5.75 Å². The number of phenolic OH excluding ortho intramolecular Hbond substituents is 1. The number of nitrogens with zero attached hydrogens (tertiary/aromatic N) is 1. The molecule has 2 atom stereocenters. The Morgan fingerprint density at radius 3 is 2.91 bits per heavy atom. The van der Waals surface area contributed by atoms with Gasteiger partial charge >= 0.3 is 0 Å². The zero-order valence-corrected chi connectivity index (χ0v) is 12.8. The Hall–Kier alpha value is -1.62. The molecule has 1 heterocycles. The van der Waals surface area contributed by atoms with E-state index in [4.69, 9.17) is 4.74 Å². The van der Waals surface area contributed by atoms with Crippen molar-refractivity contribution in [3.05, 3.63) is 29.6 Å². The van der Waals surface area contributed by atoms with Crippen molar-refractivity contribution in [2.45, 2.75) is 38.2 Å². The fourth-order valence-electron chi connectivity index (χ4n) is 4.10. The van der Waals surface area contributed by atoms with Gasteiger partial charge < -0.3 is 14.7 Å². The Kier molecular flexibility index (Phi) is 4.08. The van der Waals surface area contributed by atoms with Crippen LogP contribution in [0.25, 0.3) is 0 Å². The first-order valence-electron chi connectivity index (χ1n) is 7.86. The molecule has 2 fully saturated rings. The molecular formula is C17H22FNO3. The number of carbonyl (C=O) groups is 1. The molecule has 1 aliphatic heterocycles. The van der Waals surface area contributed by atoms with Crippen LogP contribution in [0.2, 0.25) is 0 Å². The molecule has 0 aromatic heterocycles. The maximum Gasteiger partial charge on any atom is 0.254 e. The monoisotopic (exact) mass is 307 g/mol. The third kappa shape index (κ3) is 2.58. The normalized spacial score (nSPS) is 28.3. The molecule has 1 saturated carbocycles. The Labute approximate surface area is 129 Å². The second kappa shape index (κ2) is 5.88. The van der Waals surface area contributed by atoms with E-state index in [0.717, 1.165) is 38.2 Å². The topological polar surface area (TPSA) is 49.8 Å². The number of ether oxygens (including phenoxy) is 1. The van der Waals surface area contributed by atoms with E-state index >= 15 is 0 Å². The Morgan fingerprint density at radius 2 is 2.18 bits per heavy atom. The van der Waals surface area contributed by atoms with Crippen molar-refractivity contribution >= 4 is 5.91 Å². The number of benzene rings is 1. The molecule has 120 valence electrons. The number of hydrogen-bond donors (Lipinski definition) is 1. The average Bonchev–Trinajstić information content (AvgIpc) is 2.91. The molecule has 3 rings (SSSR count). The van der Waals surface area contributed by atoms with E-state index in [0.29, 0.717) is 18.7 Å². The Bertz CT molecular complexity index is 577. The molecule has 1 aromatic carbocycles. The van der Waals surface area contributed by atoms with Crippen molar-refractivity contribution in [2.75, 3.05) is 20.2 Å². The molecule has 1 saturated heterocycles. The highest BCUT2D eigenvalue weighted by Gasteiger charge is 2.46. The zero-order chi connectivity index (χ0) is 15.7. The highest BCUT2D eigenvalue weighted by molar-refractivity contribution is 5.94. The van der Waals surface area contributed by atoms with E-state index in [1.54, 1.807) is 7.11 Å². The van der Waals surface area contributed by atoms with Crippen LogP contribution < -0.4 is 0 Å². The molecule has 22 heavy (non-hydrogen) atoms. The maximum absolute atomic E-state index is 13.2. The lowest BCUT2D eigenvalue weighted by atomic mass is 9.76. The molecular weight excluding hydrogens is 285 g/mol. The number of phenols is 1. The summed E-state index contributed by atoms with van der Waals surface area (Å²) >= 11 is 0. The Morgan fingerprint density at radius 1 is 1.41 bits per heavy atom. The summed E-state index contributed by atoms with van der Waals surface area (Å²) in [6.07, 6.45) is 5.53. The van der Waals surface area contributed by atoms with Crippen LogP contribution in [0.4, 0.5) is 4.39 Å². The van der Waals surface area contributed by atoms with Crippen LogP contribution in [0.15, 0.2) is 18.2 Å². The number of aromatic hydroxyl groups is 1. The fraction of sp³-hybridized carbons (Fsp3) is 0.588. The number of methoxy groups -OCH3 is 1. The molecule has 1 aromatic rings. The number of hydrogen-bond acceptors (Lipinski definition) is 3. The van der Waals surface area contributed by atoms with Gasteiger partial charge in [-0.3, -0.25) is 4.79 Å². The molecule has 0 bridgehead atoms. The lowest BCUT2D eigenvalue weighted by Crippen LogP contribution is -2.49. The van der Waals surface area contributed by atoms with Crippen LogP contribution >= 0.6 is 0 Å². The number of likely N-dealkylation sites (tertiary alicyclic amines) is 1. The molecule has 1 aliphatic carbocycles. The minimum Gasteiger partial charge on any atom is -0.505 e. The van der Waals surface area contributed by atoms with Gasteiger partial charge in [-0.25, -0.2) is 4.39 Å². The maximum atomic E-state index is 13.2. The van der Waals surface area contributed by atoms with E-state index in [1.807, 2.05) is 4.90 Å². The lowest BCUT2D eigenvalue weighted by Gasteiger charge is -2.43. The number of rotatable bonds is 2. The third-order valence-corrected chi connectivity index (χ3v) is 5.20. The smallest absolute Gasteiger partial charge is 0.254 e. The van der Waals surface area contributed by atoms with Gasteiger partial charge in [0.1, 0.15) is 0 Å². The lowest BCUT2D eigenvalue weighted by molar-refractivity contribution is -0.0295. The summed E-state index contributed by atoms with van der Waals surface area (Å²) in [5.74, 6) is -1.33. The van der Waals surface area contributed by atoms with Gasteiger partial charge in [0.25, 0.3) is 5.91 Å². The summed E-state index contributed by atoms with van der Waals surface area (Å²) in [5, 5.41) is 9.47. The van der Waals surface area contributed by atoms with E-state index in [9.17, 15) is 14.3 Å². The SMILES string of the molecule is CO[C@@H]1CCC[C@]12CCCN(C(=O)c1ccc(F)c(O)c1)C2. The van der Waals surface area contributed by atoms with E-state index in [1.165, 1.54) is 12.1 Å². The van der Waals surface area contributed by atoms with Gasteiger partial charge in [0.2, 0.25) is 0 Å². The fourth-order valence-corrected chi connectivity index (χ4v) is 4.10. The number of amides is 1. The summed E-state index contributed by atoms with van der Waals surface area (Å²) in [7, 11) is 1.75. The van der Waals surface area contributed by atoms with Crippen LogP contribution in [-0.2, 0) is 4.74 Å². The first kappa shape index (κ1) is 15.3. The molecule has 2 aliphatic rings. The summed E-state index contributed by atoms with van der Waals surface area (Å²) in [5.41, 5.74) is 0.396. The van der Waals surface area contributed by atoms with Crippen molar-refractivity contribution < 1.29 is 19.0 Å². The van der Waals surface area contributed by atoms with E-state index < -0.39 is 11.6 Å². The summed E-state index contributed by atoms with van der Waals surface area (Å²) in [6, 6.07) is 3.78. The predicted molar refractivity (Wildman–Crippen MR) is 80.3 cm³/mol. The van der Waals surface area contributed by atoms with Gasteiger partial charge in [-0.05, 0) is 43.9 Å². The predicted octanol–water partition coefficient (Wildman–Crippen LogP) is 2.95. The van der Waals surface area contributed by atoms with Crippen LogP contribution in [-0.4, -0.2) is 42.2 Å². The Balaban J connectivity index is 1.79. The number of carbonyl (C=O) groups excluding carboxylic acids is 1. The van der Waals surface area contributed by atoms with Gasteiger partial charge in [0, 0.05) is 31.2 Å². The quantitative estimate of drug-likeness (QED) is 0.914. The molecule has 1 N–H and O–H groups in total. The van der Waals surface area contributed by atoms with E-state index in [2.05, 4.69) is 0 Å². The number of piperidine rings is 1. The average molecular weight is 307 g/mol. The van der Waals surface area contributed by atoms with Gasteiger partial charge in [-0.1, -0.05) is 6.42 Å². The third-order valence-electron chi connectivity index (χ3n) is 5.20. The minimum absolute atomic E-state index is 0.0603. The molecule has 1 amide bonds. The van der Waals surface area contributed by atoms with Gasteiger partial charge in [-0.2, -0.15) is 0 Å².